The highest BCUT2D eigenvalue weighted by Gasteiger charge is 2.10. The molecular formula is C19H19ClN4O. The van der Waals surface area contributed by atoms with Crippen LogP contribution in [0, 0.1) is 0 Å². The Balaban J connectivity index is 2.01. The van der Waals surface area contributed by atoms with Crippen molar-refractivity contribution in [1.29, 1.82) is 0 Å². The standard InChI is InChI=1S/C19H19ClN4O/c1-12(2)21-19-23-15(13-6-4-3-5-7-13)11-18(24-19)22-16-10-14(20)8-9-17(16)25/h3-12,25H,1-2H3,(H2,21,22,23,24). The van der Waals surface area contributed by atoms with E-state index in [4.69, 9.17) is 11.6 Å². The SMILES string of the molecule is CC(C)Nc1nc(Nc2cc(Cl)ccc2O)cc(-c2ccccc2)n1. The van der Waals surface area contributed by atoms with Gasteiger partial charge in [0.1, 0.15) is 11.6 Å². The normalized spacial score (nSPS) is 10.7. The molecule has 3 rings (SSSR count). The molecule has 2 aromatic carbocycles. The smallest absolute Gasteiger partial charge is 0.225 e. The van der Waals surface area contributed by atoms with E-state index in [1.54, 1.807) is 12.1 Å². The number of halogens is 1. The Morgan fingerprint density at radius 1 is 1.00 bits per heavy atom. The summed E-state index contributed by atoms with van der Waals surface area (Å²) in [5, 5.41) is 16.9. The number of hydrogen-bond acceptors (Lipinski definition) is 5. The Morgan fingerprint density at radius 2 is 1.76 bits per heavy atom. The van der Waals surface area contributed by atoms with Crippen molar-refractivity contribution >= 4 is 29.1 Å². The van der Waals surface area contributed by atoms with Gasteiger partial charge in [0.15, 0.2) is 0 Å². The van der Waals surface area contributed by atoms with Crippen molar-refractivity contribution in [2.45, 2.75) is 19.9 Å². The van der Waals surface area contributed by atoms with Crippen molar-refractivity contribution in [2.75, 3.05) is 10.6 Å². The first-order chi connectivity index (χ1) is 12.0. The molecule has 5 nitrogen and oxygen atoms in total. The zero-order valence-electron chi connectivity index (χ0n) is 14.0. The molecule has 0 bridgehead atoms. The molecule has 25 heavy (non-hydrogen) atoms. The lowest BCUT2D eigenvalue weighted by atomic mass is 10.1. The average Bonchev–Trinajstić information content (AvgIpc) is 2.58. The molecule has 3 N–H and O–H groups in total. The summed E-state index contributed by atoms with van der Waals surface area (Å²) in [4.78, 5) is 9.05. The summed E-state index contributed by atoms with van der Waals surface area (Å²) in [5.74, 6) is 1.18. The van der Waals surface area contributed by atoms with Gasteiger partial charge in [-0.15, -0.1) is 0 Å². The maximum atomic E-state index is 10.0. The third-order valence-corrected chi connectivity index (χ3v) is 3.67. The molecule has 0 saturated carbocycles. The lowest BCUT2D eigenvalue weighted by Crippen LogP contribution is -2.13. The number of nitrogens with zero attached hydrogens (tertiary/aromatic N) is 2. The van der Waals surface area contributed by atoms with Gasteiger partial charge in [-0.25, -0.2) is 4.98 Å². The summed E-state index contributed by atoms with van der Waals surface area (Å²) in [6.07, 6.45) is 0. The summed E-state index contributed by atoms with van der Waals surface area (Å²) < 4.78 is 0. The van der Waals surface area contributed by atoms with Crippen LogP contribution >= 0.6 is 11.6 Å². The highest BCUT2D eigenvalue weighted by molar-refractivity contribution is 6.30. The van der Waals surface area contributed by atoms with Crippen molar-refractivity contribution in [3.63, 3.8) is 0 Å². The maximum absolute atomic E-state index is 10.0. The van der Waals surface area contributed by atoms with Crippen molar-refractivity contribution in [3.8, 4) is 17.0 Å². The molecule has 0 aliphatic heterocycles. The number of nitrogens with one attached hydrogen (secondary N) is 2. The molecule has 1 heterocycles. The quantitative estimate of drug-likeness (QED) is 0.558. The van der Waals surface area contributed by atoms with E-state index in [9.17, 15) is 5.11 Å². The van der Waals surface area contributed by atoms with Gasteiger partial charge in [-0.1, -0.05) is 41.9 Å². The van der Waals surface area contributed by atoms with Crippen LogP contribution in [0.25, 0.3) is 11.3 Å². The van der Waals surface area contributed by atoms with Crippen LogP contribution in [0.4, 0.5) is 17.5 Å². The Kier molecular flexibility index (Phi) is 5.05. The largest absolute Gasteiger partial charge is 0.506 e. The van der Waals surface area contributed by atoms with Crippen LogP contribution in [0.15, 0.2) is 54.6 Å². The molecule has 0 amide bonds. The molecule has 0 atom stereocenters. The summed E-state index contributed by atoms with van der Waals surface area (Å²) in [6, 6.07) is 16.7. The van der Waals surface area contributed by atoms with Crippen LogP contribution < -0.4 is 10.6 Å². The van der Waals surface area contributed by atoms with Gasteiger partial charge >= 0.3 is 0 Å². The van der Waals surface area contributed by atoms with E-state index in [0.29, 0.717) is 22.5 Å². The number of anilines is 3. The van der Waals surface area contributed by atoms with E-state index < -0.39 is 0 Å². The second kappa shape index (κ2) is 7.40. The molecule has 0 spiro atoms. The number of rotatable bonds is 5. The second-order valence-electron chi connectivity index (χ2n) is 5.91. The first kappa shape index (κ1) is 17.0. The summed E-state index contributed by atoms with van der Waals surface area (Å²) in [6.45, 7) is 4.04. The van der Waals surface area contributed by atoms with E-state index in [2.05, 4.69) is 20.6 Å². The van der Waals surface area contributed by atoms with Gasteiger partial charge < -0.3 is 15.7 Å². The fourth-order valence-corrected chi connectivity index (χ4v) is 2.51. The molecule has 0 unspecified atom stereocenters. The molecule has 0 aliphatic carbocycles. The molecule has 6 heteroatoms. The summed E-state index contributed by atoms with van der Waals surface area (Å²) in [5.41, 5.74) is 2.25. The summed E-state index contributed by atoms with van der Waals surface area (Å²) in [7, 11) is 0. The van der Waals surface area contributed by atoms with Crippen molar-refractivity contribution in [3.05, 3.63) is 59.6 Å². The van der Waals surface area contributed by atoms with Crippen LogP contribution in [-0.2, 0) is 0 Å². The molecule has 0 fully saturated rings. The predicted octanol–water partition coefficient (Wildman–Crippen LogP) is 5.07. The number of phenolic OH excluding ortho intramolecular Hbond substituents is 1. The third-order valence-electron chi connectivity index (χ3n) is 3.43. The lowest BCUT2D eigenvalue weighted by Gasteiger charge is -2.14. The molecular weight excluding hydrogens is 336 g/mol. The number of phenols is 1. The van der Waals surface area contributed by atoms with Gasteiger partial charge in [-0.05, 0) is 32.0 Å². The second-order valence-corrected chi connectivity index (χ2v) is 6.35. The van der Waals surface area contributed by atoms with Crippen LogP contribution in [0.1, 0.15) is 13.8 Å². The van der Waals surface area contributed by atoms with Crippen molar-refractivity contribution in [2.24, 2.45) is 0 Å². The predicted molar refractivity (Wildman–Crippen MR) is 103 cm³/mol. The van der Waals surface area contributed by atoms with Gasteiger partial charge in [-0.3, -0.25) is 0 Å². The van der Waals surface area contributed by atoms with E-state index in [-0.39, 0.29) is 11.8 Å². The number of hydrogen-bond donors (Lipinski definition) is 3. The van der Waals surface area contributed by atoms with Gasteiger partial charge in [0.25, 0.3) is 0 Å². The zero-order valence-corrected chi connectivity index (χ0v) is 14.7. The highest BCUT2D eigenvalue weighted by atomic mass is 35.5. The van der Waals surface area contributed by atoms with Crippen molar-refractivity contribution < 1.29 is 5.11 Å². The molecule has 0 saturated heterocycles. The van der Waals surface area contributed by atoms with Crippen molar-refractivity contribution in [1.82, 2.24) is 9.97 Å². The van der Waals surface area contributed by atoms with E-state index in [0.717, 1.165) is 11.3 Å². The van der Waals surface area contributed by atoms with Crippen LogP contribution in [0.3, 0.4) is 0 Å². The lowest BCUT2D eigenvalue weighted by molar-refractivity contribution is 0.477. The van der Waals surface area contributed by atoms with E-state index in [1.807, 2.05) is 50.2 Å². The Bertz CT molecular complexity index is 869. The van der Waals surface area contributed by atoms with E-state index >= 15 is 0 Å². The van der Waals surface area contributed by atoms with Gasteiger partial charge in [0.2, 0.25) is 5.95 Å². The fraction of sp³-hybridized carbons (Fsp3) is 0.158. The highest BCUT2D eigenvalue weighted by Crippen LogP contribution is 2.30. The van der Waals surface area contributed by atoms with Gasteiger partial charge in [-0.2, -0.15) is 4.98 Å². The van der Waals surface area contributed by atoms with Gasteiger partial charge in [0.05, 0.1) is 11.4 Å². The number of aromatic nitrogens is 2. The summed E-state index contributed by atoms with van der Waals surface area (Å²) >= 11 is 6.01. The minimum absolute atomic E-state index is 0.0997. The topological polar surface area (TPSA) is 70.1 Å². The molecule has 1 aromatic heterocycles. The first-order valence-electron chi connectivity index (χ1n) is 7.98. The van der Waals surface area contributed by atoms with Gasteiger partial charge in [0, 0.05) is 22.7 Å². The Hall–Kier alpha value is -2.79. The molecule has 0 aliphatic rings. The Morgan fingerprint density at radius 3 is 2.48 bits per heavy atom. The van der Waals surface area contributed by atoms with Crippen LogP contribution in [0.2, 0.25) is 5.02 Å². The van der Waals surface area contributed by atoms with Crippen LogP contribution in [0.5, 0.6) is 5.75 Å². The Labute approximate surface area is 151 Å². The average molecular weight is 355 g/mol. The minimum Gasteiger partial charge on any atom is -0.506 e. The molecule has 0 radical (unpaired) electrons. The monoisotopic (exact) mass is 354 g/mol. The minimum atomic E-state index is 0.0997. The maximum Gasteiger partial charge on any atom is 0.225 e. The van der Waals surface area contributed by atoms with Crippen LogP contribution in [-0.4, -0.2) is 21.1 Å². The molecule has 3 aromatic rings. The zero-order chi connectivity index (χ0) is 17.8. The number of benzene rings is 2. The fourth-order valence-electron chi connectivity index (χ4n) is 2.34. The molecule has 128 valence electrons. The number of aromatic hydroxyl groups is 1. The third kappa shape index (κ3) is 4.39. The first-order valence-corrected chi connectivity index (χ1v) is 8.35. The van der Waals surface area contributed by atoms with E-state index in [1.165, 1.54) is 6.07 Å².